The molecule has 1 aromatic heterocycles. The lowest BCUT2D eigenvalue weighted by Gasteiger charge is -2.34. The third-order valence-electron chi connectivity index (χ3n) is 4.57. The van der Waals surface area contributed by atoms with Crippen molar-refractivity contribution in [2.45, 2.75) is 31.8 Å². The van der Waals surface area contributed by atoms with E-state index in [0.29, 0.717) is 31.6 Å². The molecule has 0 aliphatic carbocycles. The molecular formula is C18H22FN5O2. The number of nitrogens with one attached hydrogen (secondary N) is 2. The van der Waals surface area contributed by atoms with E-state index in [2.05, 4.69) is 15.6 Å². The summed E-state index contributed by atoms with van der Waals surface area (Å²) in [6.45, 7) is 3.04. The van der Waals surface area contributed by atoms with Crippen molar-refractivity contribution in [3.8, 4) is 0 Å². The number of halogens is 1. The molecule has 2 heterocycles. The first-order chi connectivity index (χ1) is 12.5. The predicted octanol–water partition coefficient (Wildman–Crippen LogP) is 2.40. The Hall–Kier alpha value is -2.90. The zero-order valence-corrected chi connectivity index (χ0v) is 14.6. The van der Waals surface area contributed by atoms with Gasteiger partial charge >= 0.3 is 6.03 Å². The SMILES string of the molecule is CC(C(=O)N1CCC(NC(=O)Nc2ccc(F)cc2)CC1)n1ccnc1. The van der Waals surface area contributed by atoms with E-state index in [1.54, 1.807) is 23.3 Å². The summed E-state index contributed by atoms with van der Waals surface area (Å²) in [5.41, 5.74) is 0.533. The summed E-state index contributed by atoms with van der Waals surface area (Å²) in [7, 11) is 0. The van der Waals surface area contributed by atoms with E-state index in [9.17, 15) is 14.0 Å². The normalized spacial score (nSPS) is 16.2. The molecule has 1 saturated heterocycles. The number of likely N-dealkylation sites (tertiary alicyclic amines) is 1. The zero-order valence-electron chi connectivity index (χ0n) is 14.6. The number of carbonyl (C=O) groups excluding carboxylic acids is 2. The maximum absolute atomic E-state index is 12.9. The Labute approximate surface area is 151 Å². The molecule has 0 saturated carbocycles. The minimum Gasteiger partial charge on any atom is -0.341 e. The van der Waals surface area contributed by atoms with Crippen LogP contribution in [-0.4, -0.2) is 45.5 Å². The van der Waals surface area contributed by atoms with Crippen LogP contribution in [0.3, 0.4) is 0 Å². The number of piperidine rings is 1. The molecular weight excluding hydrogens is 337 g/mol. The van der Waals surface area contributed by atoms with Gasteiger partial charge in [0.05, 0.1) is 6.33 Å². The summed E-state index contributed by atoms with van der Waals surface area (Å²) in [5.74, 6) is -0.296. The molecule has 8 heteroatoms. The van der Waals surface area contributed by atoms with Crippen LogP contribution in [0.4, 0.5) is 14.9 Å². The molecule has 0 radical (unpaired) electrons. The van der Waals surface area contributed by atoms with Gasteiger partial charge in [0.15, 0.2) is 0 Å². The molecule has 138 valence electrons. The molecule has 1 fully saturated rings. The van der Waals surface area contributed by atoms with Crippen LogP contribution in [0, 0.1) is 5.82 Å². The quantitative estimate of drug-likeness (QED) is 0.880. The number of benzene rings is 1. The summed E-state index contributed by atoms with van der Waals surface area (Å²) in [4.78, 5) is 30.4. The van der Waals surface area contributed by atoms with E-state index in [1.807, 2.05) is 11.8 Å². The fourth-order valence-corrected chi connectivity index (χ4v) is 3.02. The zero-order chi connectivity index (χ0) is 18.5. The number of urea groups is 1. The van der Waals surface area contributed by atoms with Gasteiger partial charge in [-0.2, -0.15) is 0 Å². The van der Waals surface area contributed by atoms with Crippen LogP contribution in [0.2, 0.25) is 0 Å². The first kappa shape index (κ1) is 17.9. The van der Waals surface area contributed by atoms with Gasteiger partial charge in [0, 0.05) is 37.2 Å². The van der Waals surface area contributed by atoms with E-state index in [4.69, 9.17) is 0 Å². The van der Waals surface area contributed by atoms with Gasteiger partial charge in [-0.25, -0.2) is 14.2 Å². The Morgan fingerprint density at radius 1 is 1.23 bits per heavy atom. The lowest BCUT2D eigenvalue weighted by molar-refractivity contribution is -0.135. The fraction of sp³-hybridized carbons (Fsp3) is 0.389. The number of amides is 3. The molecule has 1 aliphatic heterocycles. The first-order valence-corrected chi connectivity index (χ1v) is 8.62. The van der Waals surface area contributed by atoms with Crippen LogP contribution in [0.1, 0.15) is 25.8 Å². The summed E-state index contributed by atoms with van der Waals surface area (Å²) in [6, 6.07) is 4.99. The van der Waals surface area contributed by atoms with E-state index < -0.39 is 0 Å². The maximum Gasteiger partial charge on any atom is 0.319 e. The number of rotatable bonds is 4. The number of hydrogen-bond donors (Lipinski definition) is 2. The van der Waals surface area contributed by atoms with E-state index in [1.165, 1.54) is 24.3 Å². The van der Waals surface area contributed by atoms with Gasteiger partial charge in [-0.15, -0.1) is 0 Å². The molecule has 1 aromatic carbocycles. The smallest absolute Gasteiger partial charge is 0.319 e. The summed E-state index contributed by atoms with van der Waals surface area (Å²) in [6.07, 6.45) is 6.45. The number of imidazole rings is 1. The van der Waals surface area contributed by atoms with Crippen molar-refractivity contribution < 1.29 is 14.0 Å². The van der Waals surface area contributed by atoms with Crippen LogP contribution in [0.15, 0.2) is 43.0 Å². The van der Waals surface area contributed by atoms with Crippen LogP contribution in [0.25, 0.3) is 0 Å². The second kappa shape index (κ2) is 7.99. The van der Waals surface area contributed by atoms with Gasteiger partial charge in [0.2, 0.25) is 5.91 Å². The number of nitrogens with zero attached hydrogens (tertiary/aromatic N) is 3. The van der Waals surface area contributed by atoms with Gasteiger partial charge in [-0.1, -0.05) is 0 Å². The second-order valence-corrected chi connectivity index (χ2v) is 6.39. The molecule has 1 unspecified atom stereocenters. The Bertz CT molecular complexity index is 739. The number of anilines is 1. The van der Waals surface area contributed by atoms with Crippen LogP contribution in [0.5, 0.6) is 0 Å². The average molecular weight is 359 g/mol. The lowest BCUT2D eigenvalue weighted by Crippen LogP contribution is -2.48. The highest BCUT2D eigenvalue weighted by atomic mass is 19.1. The van der Waals surface area contributed by atoms with Crippen molar-refractivity contribution in [2.75, 3.05) is 18.4 Å². The van der Waals surface area contributed by atoms with Gasteiger partial charge in [0.1, 0.15) is 11.9 Å². The Kier molecular flexibility index (Phi) is 5.50. The maximum atomic E-state index is 12.9. The summed E-state index contributed by atoms with van der Waals surface area (Å²) >= 11 is 0. The molecule has 0 spiro atoms. The molecule has 3 rings (SSSR count). The van der Waals surface area contributed by atoms with Crippen molar-refractivity contribution in [1.29, 1.82) is 0 Å². The highest BCUT2D eigenvalue weighted by Gasteiger charge is 2.27. The molecule has 0 bridgehead atoms. The number of aromatic nitrogens is 2. The third kappa shape index (κ3) is 4.38. The predicted molar refractivity (Wildman–Crippen MR) is 95.1 cm³/mol. The monoisotopic (exact) mass is 359 g/mol. The Morgan fingerprint density at radius 3 is 2.54 bits per heavy atom. The molecule has 26 heavy (non-hydrogen) atoms. The van der Waals surface area contributed by atoms with E-state index >= 15 is 0 Å². The fourth-order valence-electron chi connectivity index (χ4n) is 3.02. The summed E-state index contributed by atoms with van der Waals surface area (Å²) < 4.78 is 14.7. The minimum absolute atomic E-state index is 0.00282. The van der Waals surface area contributed by atoms with Gasteiger partial charge in [0.25, 0.3) is 0 Å². The van der Waals surface area contributed by atoms with Crippen molar-refractivity contribution >= 4 is 17.6 Å². The molecule has 7 nitrogen and oxygen atoms in total. The van der Waals surface area contributed by atoms with Crippen molar-refractivity contribution in [1.82, 2.24) is 19.8 Å². The standard InChI is InChI=1S/C18H22FN5O2/c1-13(24-11-8-20-12-24)17(25)23-9-6-16(7-10-23)22-18(26)21-15-4-2-14(19)3-5-15/h2-5,8,11-13,16H,6-7,9-10H2,1H3,(H2,21,22,26). The van der Waals surface area contributed by atoms with Crippen LogP contribution >= 0.6 is 0 Å². The van der Waals surface area contributed by atoms with Crippen LogP contribution < -0.4 is 10.6 Å². The lowest BCUT2D eigenvalue weighted by atomic mass is 10.0. The van der Waals surface area contributed by atoms with Gasteiger partial charge in [-0.3, -0.25) is 4.79 Å². The van der Waals surface area contributed by atoms with E-state index in [-0.39, 0.29) is 29.8 Å². The average Bonchev–Trinajstić information content (AvgIpc) is 3.18. The number of carbonyl (C=O) groups is 2. The van der Waals surface area contributed by atoms with E-state index in [0.717, 1.165) is 0 Å². The van der Waals surface area contributed by atoms with Crippen molar-refractivity contribution in [3.05, 3.63) is 48.8 Å². The topological polar surface area (TPSA) is 79.3 Å². The Morgan fingerprint density at radius 2 is 1.92 bits per heavy atom. The highest BCUT2D eigenvalue weighted by molar-refractivity contribution is 5.89. The summed E-state index contributed by atoms with van der Waals surface area (Å²) in [5, 5.41) is 5.58. The first-order valence-electron chi connectivity index (χ1n) is 8.62. The molecule has 3 amide bonds. The number of hydrogen-bond acceptors (Lipinski definition) is 3. The Balaban J connectivity index is 1.45. The van der Waals surface area contributed by atoms with Crippen molar-refractivity contribution in [3.63, 3.8) is 0 Å². The molecule has 2 aromatic rings. The van der Waals surface area contributed by atoms with Gasteiger partial charge in [-0.05, 0) is 44.0 Å². The highest BCUT2D eigenvalue weighted by Crippen LogP contribution is 2.16. The van der Waals surface area contributed by atoms with Crippen LogP contribution in [-0.2, 0) is 4.79 Å². The molecule has 1 aliphatic rings. The minimum atomic E-state index is -0.349. The third-order valence-corrected chi connectivity index (χ3v) is 4.57. The van der Waals surface area contributed by atoms with Crippen molar-refractivity contribution in [2.24, 2.45) is 0 Å². The largest absolute Gasteiger partial charge is 0.341 e. The molecule has 2 N–H and O–H groups in total. The second-order valence-electron chi connectivity index (χ2n) is 6.39. The molecule has 1 atom stereocenters. The van der Waals surface area contributed by atoms with Gasteiger partial charge < -0.3 is 20.1 Å².